The molecular formula is C15H27N3O2. The molecule has 0 spiro atoms. The molecule has 5 nitrogen and oxygen atoms in total. The molecular weight excluding hydrogens is 254 g/mol. The average Bonchev–Trinajstić information content (AvgIpc) is 2.37. The van der Waals surface area contributed by atoms with E-state index in [0.717, 1.165) is 30.8 Å². The Kier molecular flexibility index (Phi) is 6.71. The van der Waals surface area contributed by atoms with Gasteiger partial charge >= 0.3 is 0 Å². The van der Waals surface area contributed by atoms with E-state index in [2.05, 4.69) is 29.1 Å². The third kappa shape index (κ3) is 5.74. The first-order valence-corrected chi connectivity index (χ1v) is 7.32. The number of nitrogens with zero attached hydrogens (tertiary/aromatic N) is 2. The van der Waals surface area contributed by atoms with Gasteiger partial charge in [-0.25, -0.2) is 9.97 Å². The van der Waals surface area contributed by atoms with E-state index >= 15 is 0 Å². The molecule has 114 valence electrons. The molecule has 1 aromatic heterocycles. The van der Waals surface area contributed by atoms with Gasteiger partial charge in [0, 0.05) is 6.54 Å². The van der Waals surface area contributed by atoms with Crippen molar-refractivity contribution in [2.75, 3.05) is 25.1 Å². The molecule has 0 amide bonds. The molecule has 20 heavy (non-hydrogen) atoms. The minimum absolute atomic E-state index is 0.143. The SMILES string of the molecule is CCCc1c(NCC)ncnc1OCCOC(C)(C)C. The van der Waals surface area contributed by atoms with Crippen molar-refractivity contribution in [3.63, 3.8) is 0 Å². The maximum atomic E-state index is 5.76. The Morgan fingerprint density at radius 1 is 1.15 bits per heavy atom. The molecule has 0 aliphatic heterocycles. The van der Waals surface area contributed by atoms with Crippen molar-refractivity contribution in [3.8, 4) is 5.88 Å². The Labute approximate surface area is 122 Å². The van der Waals surface area contributed by atoms with Crippen molar-refractivity contribution in [1.82, 2.24) is 9.97 Å². The molecule has 1 rings (SSSR count). The molecule has 1 aromatic rings. The number of ether oxygens (including phenoxy) is 2. The van der Waals surface area contributed by atoms with Crippen LogP contribution in [0, 0.1) is 0 Å². The Bertz CT molecular complexity index is 403. The van der Waals surface area contributed by atoms with E-state index < -0.39 is 0 Å². The van der Waals surface area contributed by atoms with Gasteiger partial charge in [-0.05, 0) is 34.1 Å². The van der Waals surface area contributed by atoms with Crippen molar-refractivity contribution in [2.24, 2.45) is 0 Å². The van der Waals surface area contributed by atoms with Crippen LogP contribution in [0.5, 0.6) is 5.88 Å². The van der Waals surface area contributed by atoms with E-state index in [1.165, 1.54) is 6.33 Å². The molecule has 0 fully saturated rings. The van der Waals surface area contributed by atoms with Crippen molar-refractivity contribution in [2.45, 2.75) is 53.1 Å². The van der Waals surface area contributed by atoms with E-state index in [-0.39, 0.29) is 5.60 Å². The molecule has 0 saturated carbocycles. The van der Waals surface area contributed by atoms with Crippen molar-refractivity contribution >= 4 is 5.82 Å². The van der Waals surface area contributed by atoms with Crippen LogP contribution in [0.4, 0.5) is 5.82 Å². The third-order valence-corrected chi connectivity index (χ3v) is 2.61. The Morgan fingerprint density at radius 3 is 2.50 bits per heavy atom. The van der Waals surface area contributed by atoms with E-state index in [4.69, 9.17) is 9.47 Å². The fourth-order valence-electron chi connectivity index (χ4n) is 1.80. The zero-order valence-electron chi connectivity index (χ0n) is 13.3. The number of anilines is 1. The summed E-state index contributed by atoms with van der Waals surface area (Å²) >= 11 is 0. The van der Waals surface area contributed by atoms with Gasteiger partial charge in [0.25, 0.3) is 0 Å². The second-order valence-corrected chi connectivity index (χ2v) is 5.60. The zero-order chi connectivity index (χ0) is 15.0. The predicted molar refractivity (Wildman–Crippen MR) is 81.4 cm³/mol. The van der Waals surface area contributed by atoms with Crippen LogP contribution in [-0.4, -0.2) is 35.3 Å². The summed E-state index contributed by atoms with van der Waals surface area (Å²) in [6.45, 7) is 12.2. The summed E-state index contributed by atoms with van der Waals surface area (Å²) < 4.78 is 11.4. The minimum atomic E-state index is -0.143. The first-order valence-electron chi connectivity index (χ1n) is 7.32. The highest BCUT2D eigenvalue weighted by atomic mass is 16.5. The number of hydrogen-bond acceptors (Lipinski definition) is 5. The Balaban J connectivity index is 2.66. The van der Waals surface area contributed by atoms with E-state index in [9.17, 15) is 0 Å². The molecule has 0 bridgehead atoms. The third-order valence-electron chi connectivity index (χ3n) is 2.61. The summed E-state index contributed by atoms with van der Waals surface area (Å²) in [5.74, 6) is 1.53. The maximum Gasteiger partial charge on any atom is 0.221 e. The molecule has 0 aromatic carbocycles. The van der Waals surface area contributed by atoms with E-state index in [0.29, 0.717) is 19.1 Å². The topological polar surface area (TPSA) is 56.3 Å². The van der Waals surface area contributed by atoms with Gasteiger partial charge in [-0.2, -0.15) is 0 Å². The van der Waals surface area contributed by atoms with Crippen LogP contribution in [0.3, 0.4) is 0 Å². The standard InChI is InChI=1S/C15H27N3O2/c1-6-8-12-13(16-7-2)17-11-18-14(12)19-9-10-20-15(3,4)5/h11H,6-10H2,1-5H3,(H,16,17,18). The maximum absolute atomic E-state index is 5.76. The van der Waals surface area contributed by atoms with Gasteiger partial charge in [0.05, 0.1) is 17.8 Å². The first kappa shape index (κ1) is 16.7. The predicted octanol–water partition coefficient (Wildman–Crippen LogP) is 3.05. The highest BCUT2D eigenvalue weighted by molar-refractivity contribution is 5.48. The quantitative estimate of drug-likeness (QED) is 0.742. The average molecular weight is 281 g/mol. The van der Waals surface area contributed by atoms with Crippen molar-refractivity contribution < 1.29 is 9.47 Å². The van der Waals surface area contributed by atoms with E-state index in [1.807, 2.05) is 20.8 Å². The number of rotatable bonds is 8. The first-order chi connectivity index (χ1) is 9.48. The van der Waals surface area contributed by atoms with Gasteiger partial charge in [0.1, 0.15) is 18.8 Å². The molecule has 0 radical (unpaired) electrons. The normalized spacial score (nSPS) is 11.4. The van der Waals surface area contributed by atoms with Crippen molar-refractivity contribution in [3.05, 3.63) is 11.9 Å². The molecule has 0 aliphatic carbocycles. The zero-order valence-corrected chi connectivity index (χ0v) is 13.3. The lowest BCUT2D eigenvalue weighted by atomic mass is 10.1. The molecule has 1 heterocycles. The Morgan fingerprint density at radius 2 is 1.90 bits per heavy atom. The summed E-state index contributed by atoms with van der Waals surface area (Å²) in [7, 11) is 0. The Hall–Kier alpha value is -1.36. The summed E-state index contributed by atoms with van der Waals surface area (Å²) in [6.07, 6.45) is 3.47. The summed E-state index contributed by atoms with van der Waals surface area (Å²) in [6, 6.07) is 0. The van der Waals surface area contributed by atoms with Crippen LogP contribution in [0.25, 0.3) is 0 Å². The second-order valence-electron chi connectivity index (χ2n) is 5.60. The molecule has 0 unspecified atom stereocenters. The fourth-order valence-corrected chi connectivity index (χ4v) is 1.80. The second kappa shape index (κ2) is 8.04. The van der Waals surface area contributed by atoms with Crippen LogP contribution >= 0.6 is 0 Å². The smallest absolute Gasteiger partial charge is 0.221 e. The molecule has 0 atom stereocenters. The summed E-state index contributed by atoms with van der Waals surface area (Å²) in [5.41, 5.74) is 0.906. The summed E-state index contributed by atoms with van der Waals surface area (Å²) in [5, 5.41) is 3.25. The lowest BCUT2D eigenvalue weighted by Crippen LogP contribution is -2.22. The van der Waals surface area contributed by atoms with Crippen LogP contribution in [0.2, 0.25) is 0 Å². The van der Waals surface area contributed by atoms with Gasteiger partial charge in [-0.15, -0.1) is 0 Å². The van der Waals surface area contributed by atoms with Crippen molar-refractivity contribution in [1.29, 1.82) is 0 Å². The highest BCUT2D eigenvalue weighted by Gasteiger charge is 2.13. The number of hydrogen-bond donors (Lipinski definition) is 1. The van der Waals surface area contributed by atoms with Gasteiger partial charge in [0.15, 0.2) is 0 Å². The minimum Gasteiger partial charge on any atom is -0.475 e. The van der Waals surface area contributed by atoms with Crippen LogP contribution in [0.15, 0.2) is 6.33 Å². The molecule has 0 aliphatic rings. The van der Waals surface area contributed by atoms with Gasteiger partial charge < -0.3 is 14.8 Å². The molecule has 1 N–H and O–H groups in total. The van der Waals surface area contributed by atoms with Gasteiger partial charge in [-0.3, -0.25) is 0 Å². The molecule has 0 saturated heterocycles. The van der Waals surface area contributed by atoms with Crippen LogP contribution in [0.1, 0.15) is 46.6 Å². The van der Waals surface area contributed by atoms with Crippen LogP contribution in [-0.2, 0) is 11.2 Å². The van der Waals surface area contributed by atoms with Crippen LogP contribution < -0.4 is 10.1 Å². The highest BCUT2D eigenvalue weighted by Crippen LogP contribution is 2.23. The van der Waals surface area contributed by atoms with Gasteiger partial charge in [0.2, 0.25) is 5.88 Å². The largest absolute Gasteiger partial charge is 0.475 e. The summed E-state index contributed by atoms with van der Waals surface area (Å²) in [4.78, 5) is 8.53. The van der Waals surface area contributed by atoms with Gasteiger partial charge in [-0.1, -0.05) is 13.3 Å². The number of aromatic nitrogens is 2. The molecule has 5 heteroatoms. The number of nitrogens with one attached hydrogen (secondary N) is 1. The lowest BCUT2D eigenvalue weighted by molar-refractivity contribution is -0.0169. The van der Waals surface area contributed by atoms with E-state index in [1.54, 1.807) is 0 Å². The lowest BCUT2D eigenvalue weighted by Gasteiger charge is -2.20. The fraction of sp³-hybridized carbons (Fsp3) is 0.733. The monoisotopic (exact) mass is 281 g/mol.